The van der Waals surface area contributed by atoms with Crippen LogP contribution in [0.2, 0.25) is 0 Å². The first-order valence-electron chi connectivity index (χ1n) is 40.5. The molecule has 0 radical (unpaired) electrons. The summed E-state index contributed by atoms with van der Waals surface area (Å²) in [6.45, 7) is 18.7. The number of nitrogens with zero attached hydrogens (tertiary/aromatic N) is 3. The highest BCUT2D eigenvalue weighted by molar-refractivity contribution is 6.39. The zero-order valence-corrected chi connectivity index (χ0v) is 69.3. The minimum Gasteiger partial charge on any atom is -0.504 e. The molecule has 21 atom stereocenters. The molecule has 1 amide bonds. The third-order valence-corrected chi connectivity index (χ3v) is 25.1. The van der Waals surface area contributed by atoms with Gasteiger partial charge in [-0.3, -0.25) is 38.4 Å². The summed E-state index contributed by atoms with van der Waals surface area (Å²) < 4.78 is 60.4. The maximum absolute atomic E-state index is 14.9. The van der Waals surface area contributed by atoms with Crippen LogP contribution in [0.4, 0.5) is 0 Å². The molecule has 3 saturated heterocycles. The number of aliphatic hydroxyl groups is 3. The van der Waals surface area contributed by atoms with Crippen molar-refractivity contribution in [2.75, 3.05) is 75.8 Å². The van der Waals surface area contributed by atoms with E-state index in [0.29, 0.717) is 88.3 Å². The predicted molar refractivity (Wildman–Crippen MR) is 414 cm³/mol. The molecule has 0 aromatic heterocycles. The van der Waals surface area contributed by atoms with E-state index in [4.69, 9.17) is 47.4 Å². The monoisotopic (exact) mass is 1570 g/mol. The number of aliphatic hydroxyl groups excluding tert-OH is 2. The molecule has 624 valence electrons. The van der Waals surface area contributed by atoms with Gasteiger partial charge in [0.1, 0.15) is 54.6 Å². The van der Waals surface area contributed by atoms with Gasteiger partial charge in [-0.25, -0.2) is 9.59 Å². The van der Waals surface area contributed by atoms with E-state index < -0.39 is 166 Å². The smallest absolute Gasteiger partial charge is 0.340 e. The third kappa shape index (κ3) is 21.2. The SMILES string of the molecule is COC[C@H]1OC(=O)/C(=C\N(C)CCCN(C)C)C2=C(O)C(=O)C3=C([C@H](OC(C)=O)C[C@]4(C)[C@@H](OC(=O)CCCCC(=O)O[C@@H]5CC[C@@H](C[C@@H](C)[C@@H]6CC(=O)[C@H](C)/C=C(\C)[C@@H](O)[C@@H](OC)C(=O)[C@H](C)C[C@H](C)/C=C/C=C/C=C(\C)[C@@H](OC)C[C@@H]7CC[C@@H](C)[C@@](O)(O7)C(=O)C(=O)N7CCCC[C@H]7C(=O)O6)C[C@H]5OC)CC[C@@H]34)[C@]21C. The summed E-state index contributed by atoms with van der Waals surface area (Å²) in [6.07, 6.45) is 10.2. The van der Waals surface area contributed by atoms with Gasteiger partial charge in [0.25, 0.3) is 11.7 Å². The zero-order chi connectivity index (χ0) is 82.4. The molecule has 26 nitrogen and oxygen atoms in total. The van der Waals surface area contributed by atoms with E-state index >= 15 is 0 Å². The third-order valence-electron chi connectivity index (χ3n) is 25.1. The second-order valence-corrected chi connectivity index (χ2v) is 33.8. The second kappa shape index (κ2) is 40.0. The van der Waals surface area contributed by atoms with E-state index in [9.17, 15) is 63.3 Å². The van der Waals surface area contributed by atoms with Gasteiger partial charge in [0.2, 0.25) is 11.6 Å². The summed E-state index contributed by atoms with van der Waals surface area (Å²) in [5.74, 6) is -13.2. The Morgan fingerprint density at radius 2 is 1.47 bits per heavy atom. The normalized spacial score (nSPS) is 36.6. The molecule has 0 aromatic carbocycles. The van der Waals surface area contributed by atoms with Gasteiger partial charge in [0, 0.05) is 122 Å². The van der Waals surface area contributed by atoms with Crippen LogP contribution in [0.3, 0.4) is 0 Å². The summed E-state index contributed by atoms with van der Waals surface area (Å²) in [5, 5.41) is 36.0. The number of amides is 1. The van der Waals surface area contributed by atoms with Crippen molar-refractivity contribution in [3.05, 3.63) is 81.9 Å². The summed E-state index contributed by atoms with van der Waals surface area (Å²) in [4.78, 5) is 147. The van der Waals surface area contributed by atoms with Crippen LogP contribution in [0.1, 0.15) is 198 Å². The predicted octanol–water partition coefficient (Wildman–Crippen LogP) is 9.99. The van der Waals surface area contributed by atoms with Gasteiger partial charge in [0.05, 0.1) is 35.9 Å². The van der Waals surface area contributed by atoms with Crippen LogP contribution in [0, 0.1) is 52.3 Å². The molecule has 0 spiro atoms. The van der Waals surface area contributed by atoms with Gasteiger partial charge in [-0.2, -0.15) is 0 Å². The molecule has 5 fully saturated rings. The van der Waals surface area contributed by atoms with Crippen LogP contribution in [0.5, 0.6) is 0 Å². The first-order chi connectivity index (χ1) is 53.0. The highest BCUT2D eigenvalue weighted by atomic mass is 16.6. The lowest BCUT2D eigenvalue weighted by Crippen LogP contribution is -2.61. The Balaban J connectivity index is 0.922. The molecule has 112 heavy (non-hydrogen) atoms. The van der Waals surface area contributed by atoms with Gasteiger partial charge in [0.15, 0.2) is 11.5 Å². The Morgan fingerprint density at radius 1 is 0.768 bits per heavy atom. The number of methoxy groups -OCH3 is 4. The minimum absolute atomic E-state index is 0.00596. The van der Waals surface area contributed by atoms with Crippen LogP contribution in [-0.4, -0.2) is 238 Å². The van der Waals surface area contributed by atoms with E-state index in [0.717, 1.165) is 23.4 Å². The number of carbonyl (C=O) groups excluding carboxylic acids is 10. The molecule has 3 N–H and O–H groups in total. The van der Waals surface area contributed by atoms with Crippen LogP contribution in [-0.2, 0) is 95.3 Å². The van der Waals surface area contributed by atoms with Crippen molar-refractivity contribution in [2.45, 2.75) is 271 Å². The zero-order valence-electron chi connectivity index (χ0n) is 69.3. The topological polar surface area (TPSA) is 333 Å². The number of carbonyl (C=O) groups is 10. The molecule has 26 heteroatoms. The molecular weight excluding hydrogens is 1440 g/mol. The van der Waals surface area contributed by atoms with E-state index in [1.165, 1.54) is 28.3 Å². The van der Waals surface area contributed by atoms with Crippen molar-refractivity contribution in [3.63, 3.8) is 0 Å². The Kier molecular flexibility index (Phi) is 32.3. The quantitative estimate of drug-likeness (QED) is 0.0240. The van der Waals surface area contributed by atoms with Gasteiger partial charge in [-0.05, 0) is 185 Å². The fraction of sp³-hybridized carbons (Fsp3) is 0.721. The number of allylic oxidation sites excluding steroid dienone is 7. The van der Waals surface area contributed by atoms with E-state index in [1.54, 1.807) is 61.1 Å². The second-order valence-electron chi connectivity index (χ2n) is 33.8. The van der Waals surface area contributed by atoms with Gasteiger partial charge >= 0.3 is 29.8 Å². The highest BCUT2D eigenvalue weighted by Gasteiger charge is 2.65. The van der Waals surface area contributed by atoms with E-state index in [1.807, 2.05) is 82.0 Å². The number of ketones is 4. The standard InChI is InChI=1S/C86H127N3O23/c1-49-26-19-18-20-27-50(2)64(104-15)44-58-33-31-55(7)86(102,112-58)80(98)81(99)89-39-24-23-28-61(89)83(101)109-65(45-62(91)51(3)41-54(6)76(95)79(106-17)75(94)53(5)40-49)52(4)42-57-32-35-63(66(43-57)105-16)108-70(92)29-21-22-30-71(93)110-68-36-34-60-72-74(67(107-56(8)90)46-84(60,68)9)85(10)69(48-103-14)111-82(100)59(73(85)78(97)77(72)96)47-88(13)38-25-37-87(11)12/h18-20,26-27,41,47,49,51-53,55,57-58,60-61,63-69,76,79,95,97,102H,21-25,28-40,42-46,48H2,1-17H3/b20-18+,26-19+,50-27+,54-41+,59-47-/t49-,51-,52-,53-,55-,57+,58+,60+,61+,63-,64+,65+,66-,67-,68+,69-,76-,79+,84+,85+,86-/m1/s1. The number of hydrogen-bond acceptors (Lipinski definition) is 25. The molecule has 8 rings (SSSR count). The summed E-state index contributed by atoms with van der Waals surface area (Å²) in [5.41, 5.74) is -0.425. The lowest BCUT2D eigenvalue weighted by molar-refractivity contribution is -0.265. The number of rotatable bonds is 21. The van der Waals surface area contributed by atoms with Crippen molar-refractivity contribution in [1.82, 2.24) is 14.7 Å². The Hall–Kier alpha value is -7.04. The Morgan fingerprint density at radius 3 is 2.13 bits per heavy atom. The molecule has 8 aliphatic rings. The molecule has 0 unspecified atom stereocenters. The first-order valence-corrected chi connectivity index (χ1v) is 40.5. The number of piperidine rings is 1. The fourth-order valence-electron chi connectivity index (χ4n) is 18.6. The number of fused-ring (bicyclic) bond motifs is 7. The maximum Gasteiger partial charge on any atom is 0.340 e. The molecule has 4 heterocycles. The van der Waals surface area contributed by atoms with Gasteiger partial charge in [-0.15, -0.1) is 0 Å². The number of unbranched alkanes of at least 4 members (excludes halogenated alkanes) is 1. The van der Waals surface area contributed by atoms with Crippen LogP contribution >= 0.6 is 0 Å². The van der Waals surface area contributed by atoms with E-state index in [-0.39, 0.29) is 105 Å². The van der Waals surface area contributed by atoms with E-state index in [2.05, 4.69) is 0 Å². The Labute approximate surface area is 661 Å². The lowest BCUT2D eigenvalue weighted by atomic mass is 9.53. The minimum atomic E-state index is -2.51. The van der Waals surface area contributed by atoms with Crippen molar-refractivity contribution >= 4 is 58.9 Å². The fourth-order valence-corrected chi connectivity index (χ4v) is 18.6. The number of cyclic esters (lactones) is 2. The molecule has 2 saturated carbocycles. The van der Waals surface area contributed by atoms with Gasteiger partial charge in [-0.1, -0.05) is 78.0 Å². The number of Topliss-reactive ketones (excluding diaryl/α,β-unsaturated/α-hetero) is 4. The number of hydrogen-bond donors (Lipinski definition) is 3. The van der Waals surface area contributed by atoms with Crippen molar-refractivity contribution in [3.8, 4) is 0 Å². The molecule has 2 bridgehead atoms. The van der Waals surface area contributed by atoms with Crippen molar-refractivity contribution in [2.24, 2.45) is 52.3 Å². The highest BCUT2D eigenvalue weighted by Crippen LogP contribution is 2.64. The largest absolute Gasteiger partial charge is 0.504 e. The lowest BCUT2D eigenvalue weighted by Gasteiger charge is -2.54. The summed E-state index contributed by atoms with van der Waals surface area (Å²) in [7, 11) is 11.6. The van der Waals surface area contributed by atoms with Gasteiger partial charge < -0.3 is 77.4 Å². The first kappa shape index (κ1) is 90.5. The molecule has 0 aromatic rings. The average molecular weight is 1570 g/mol. The summed E-state index contributed by atoms with van der Waals surface area (Å²) >= 11 is 0. The summed E-state index contributed by atoms with van der Waals surface area (Å²) in [6, 6.07) is -1.24. The molecular formula is C86H127N3O23. The Bertz CT molecular complexity index is 3640. The van der Waals surface area contributed by atoms with Crippen molar-refractivity contribution < 1.29 is 111 Å². The average Bonchev–Trinajstić information content (AvgIpc) is 1.19. The molecule has 4 aliphatic carbocycles. The maximum atomic E-state index is 14.9. The number of esters is 5. The van der Waals surface area contributed by atoms with Crippen molar-refractivity contribution in [1.29, 1.82) is 0 Å². The van der Waals surface area contributed by atoms with Crippen LogP contribution < -0.4 is 0 Å². The van der Waals surface area contributed by atoms with Crippen LogP contribution in [0.15, 0.2) is 81.9 Å². The molecule has 4 aliphatic heterocycles. The van der Waals surface area contributed by atoms with Crippen LogP contribution in [0.25, 0.3) is 0 Å². The number of ether oxygens (including phenoxy) is 10.